The minimum absolute atomic E-state index is 0.365. The second-order valence-electron chi connectivity index (χ2n) is 16.5. The second-order valence-corrected chi connectivity index (χ2v) is 16.5. The Kier molecular flexibility index (Phi) is 41.4. The molecule has 0 saturated heterocycles. The van der Waals surface area contributed by atoms with Crippen LogP contribution >= 0.6 is 0 Å². The Morgan fingerprint density at radius 3 is 1.09 bits per heavy atom. The summed E-state index contributed by atoms with van der Waals surface area (Å²) in [4.78, 5) is 12.5. The largest absolute Gasteiger partial charge is 0.394 e. The quantitative estimate of drug-likeness (QED) is 0.0315. The van der Waals surface area contributed by atoms with Gasteiger partial charge in [0, 0.05) is 0 Å². The van der Waals surface area contributed by atoms with Crippen LogP contribution in [0.5, 0.6) is 0 Å². The first-order valence-corrected chi connectivity index (χ1v) is 23.6. The third-order valence-electron chi connectivity index (χ3n) is 11.2. The van der Waals surface area contributed by atoms with Gasteiger partial charge in [0.15, 0.2) is 0 Å². The van der Waals surface area contributed by atoms with Crippen LogP contribution in [-0.2, 0) is 4.79 Å². The lowest BCUT2D eigenvalue weighted by Crippen LogP contribution is -2.53. The molecular formula is C47H93NO5. The van der Waals surface area contributed by atoms with E-state index in [-0.39, 0.29) is 0 Å². The smallest absolute Gasteiger partial charge is 0.249 e. The first kappa shape index (κ1) is 52.0. The number of unbranched alkanes of at least 4 members (excludes halogenated alkanes) is 32. The Morgan fingerprint density at radius 1 is 0.453 bits per heavy atom. The average molecular weight is 752 g/mol. The van der Waals surface area contributed by atoms with E-state index in [1.165, 1.54) is 180 Å². The SMILES string of the molecule is CCCCCCCCCCCCCC/C=C\CCCCCCCCC(O)C(=O)NC(CO)C(O)C(O)CCCCCCCCCCCCCCCCC. The normalized spacial score (nSPS) is 14.2. The Morgan fingerprint density at radius 2 is 0.755 bits per heavy atom. The highest BCUT2D eigenvalue weighted by Gasteiger charge is 2.28. The van der Waals surface area contributed by atoms with Gasteiger partial charge in [-0.25, -0.2) is 0 Å². The summed E-state index contributed by atoms with van der Waals surface area (Å²) in [5.41, 5.74) is 0. The van der Waals surface area contributed by atoms with Crippen molar-refractivity contribution in [3.8, 4) is 0 Å². The van der Waals surface area contributed by atoms with Crippen LogP contribution in [0.2, 0.25) is 0 Å². The topological polar surface area (TPSA) is 110 Å². The molecule has 0 spiro atoms. The molecule has 0 aliphatic heterocycles. The zero-order valence-electron chi connectivity index (χ0n) is 35.5. The molecule has 53 heavy (non-hydrogen) atoms. The molecule has 0 rings (SSSR count). The molecule has 4 unspecified atom stereocenters. The van der Waals surface area contributed by atoms with Gasteiger partial charge < -0.3 is 25.7 Å². The molecule has 0 saturated carbocycles. The predicted molar refractivity (Wildman–Crippen MR) is 228 cm³/mol. The minimum atomic E-state index is -1.26. The first-order valence-electron chi connectivity index (χ1n) is 23.6. The average Bonchev–Trinajstić information content (AvgIpc) is 3.16. The molecule has 0 aliphatic rings. The second kappa shape index (κ2) is 42.2. The van der Waals surface area contributed by atoms with Crippen molar-refractivity contribution in [1.82, 2.24) is 5.32 Å². The van der Waals surface area contributed by atoms with Crippen molar-refractivity contribution >= 4 is 5.91 Å². The van der Waals surface area contributed by atoms with Crippen LogP contribution in [0.3, 0.4) is 0 Å². The van der Waals surface area contributed by atoms with Gasteiger partial charge in [-0.2, -0.15) is 0 Å². The van der Waals surface area contributed by atoms with E-state index in [4.69, 9.17) is 0 Å². The molecule has 0 aromatic carbocycles. The molecule has 0 aliphatic carbocycles. The number of carbonyl (C=O) groups is 1. The van der Waals surface area contributed by atoms with E-state index in [0.29, 0.717) is 12.8 Å². The van der Waals surface area contributed by atoms with Gasteiger partial charge in [-0.3, -0.25) is 4.79 Å². The standard InChI is InChI=1S/C47H93NO5/c1-3-5-7-9-11-13-15-17-19-20-21-22-23-24-25-27-29-31-33-35-37-39-41-45(51)47(53)48-43(42-49)46(52)44(50)40-38-36-34-32-30-28-26-18-16-14-12-10-8-6-4-2/h24-25,43-46,49-52H,3-23,26-42H2,1-2H3,(H,48,53)/b25-24-. The van der Waals surface area contributed by atoms with Gasteiger partial charge in [-0.15, -0.1) is 0 Å². The highest BCUT2D eigenvalue weighted by atomic mass is 16.3. The maximum atomic E-state index is 12.5. The van der Waals surface area contributed by atoms with Crippen LogP contribution in [-0.4, -0.2) is 57.3 Å². The van der Waals surface area contributed by atoms with Crippen molar-refractivity contribution in [2.75, 3.05) is 6.61 Å². The molecule has 0 aromatic rings. The van der Waals surface area contributed by atoms with Crippen LogP contribution in [0.15, 0.2) is 12.2 Å². The number of carbonyl (C=O) groups excluding carboxylic acids is 1. The number of hydrogen-bond acceptors (Lipinski definition) is 5. The van der Waals surface area contributed by atoms with Gasteiger partial charge in [0.25, 0.3) is 0 Å². The van der Waals surface area contributed by atoms with E-state index in [2.05, 4.69) is 31.3 Å². The van der Waals surface area contributed by atoms with Crippen molar-refractivity contribution in [3.05, 3.63) is 12.2 Å². The highest BCUT2D eigenvalue weighted by molar-refractivity contribution is 5.80. The molecular weight excluding hydrogens is 659 g/mol. The summed E-state index contributed by atoms with van der Waals surface area (Å²) in [7, 11) is 0. The maximum absolute atomic E-state index is 12.5. The maximum Gasteiger partial charge on any atom is 0.249 e. The third-order valence-corrected chi connectivity index (χ3v) is 11.2. The highest BCUT2D eigenvalue weighted by Crippen LogP contribution is 2.17. The lowest BCUT2D eigenvalue weighted by atomic mass is 9.99. The molecule has 0 radical (unpaired) electrons. The third kappa shape index (κ3) is 36.4. The van der Waals surface area contributed by atoms with Gasteiger partial charge >= 0.3 is 0 Å². The summed E-state index contributed by atoms with van der Waals surface area (Å²) in [6.45, 7) is 4.06. The van der Waals surface area contributed by atoms with Crippen molar-refractivity contribution in [2.45, 2.75) is 276 Å². The first-order chi connectivity index (χ1) is 26.0. The minimum Gasteiger partial charge on any atom is -0.394 e. The fraction of sp³-hybridized carbons (Fsp3) is 0.936. The van der Waals surface area contributed by atoms with Gasteiger partial charge in [0.1, 0.15) is 12.2 Å². The van der Waals surface area contributed by atoms with Crippen LogP contribution < -0.4 is 5.32 Å². The molecule has 6 heteroatoms. The molecule has 4 atom stereocenters. The van der Waals surface area contributed by atoms with Crippen LogP contribution in [0, 0.1) is 0 Å². The molecule has 0 heterocycles. The summed E-state index contributed by atoms with van der Waals surface area (Å²) >= 11 is 0. The Labute approximate surface area is 330 Å². The molecule has 5 N–H and O–H groups in total. The van der Waals surface area contributed by atoms with E-state index in [1.54, 1.807) is 0 Å². The number of nitrogens with one attached hydrogen (secondary N) is 1. The Hall–Kier alpha value is -0.950. The van der Waals surface area contributed by atoms with E-state index < -0.39 is 36.9 Å². The number of aliphatic hydroxyl groups excluding tert-OH is 4. The molecule has 1 amide bonds. The van der Waals surface area contributed by atoms with Crippen molar-refractivity contribution in [3.63, 3.8) is 0 Å². The summed E-state index contributed by atoms with van der Waals surface area (Å²) in [5, 5.41) is 43.7. The van der Waals surface area contributed by atoms with Crippen LogP contribution in [0.4, 0.5) is 0 Å². The van der Waals surface area contributed by atoms with E-state index in [9.17, 15) is 25.2 Å². The molecule has 0 fully saturated rings. The zero-order valence-corrected chi connectivity index (χ0v) is 35.5. The number of rotatable bonds is 43. The zero-order chi connectivity index (χ0) is 38.9. The lowest BCUT2D eigenvalue weighted by molar-refractivity contribution is -0.132. The number of aliphatic hydroxyl groups is 4. The number of allylic oxidation sites excluding steroid dienone is 2. The van der Waals surface area contributed by atoms with E-state index in [0.717, 1.165) is 44.9 Å². The van der Waals surface area contributed by atoms with E-state index >= 15 is 0 Å². The fourth-order valence-corrected chi connectivity index (χ4v) is 7.46. The lowest BCUT2D eigenvalue weighted by Gasteiger charge is -2.27. The van der Waals surface area contributed by atoms with E-state index in [1.807, 2.05) is 0 Å². The van der Waals surface area contributed by atoms with Gasteiger partial charge in [-0.1, -0.05) is 225 Å². The predicted octanol–water partition coefficient (Wildman–Crippen LogP) is 12.6. The summed E-state index contributed by atoms with van der Waals surface area (Å²) in [6.07, 6.45) is 46.7. The van der Waals surface area contributed by atoms with Crippen molar-refractivity contribution < 1.29 is 25.2 Å². The Bertz CT molecular complexity index is 761. The molecule has 0 bridgehead atoms. The monoisotopic (exact) mass is 752 g/mol. The number of amides is 1. The molecule has 316 valence electrons. The summed E-state index contributed by atoms with van der Waals surface area (Å²) in [5.74, 6) is -0.586. The summed E-state index contributed by atoms with van der Waals surface area (Å²) in [6, 6.07) is -0.984. The Balaban J connectivity index is 3.69. The van der Waals surface area contributed by atoms with Crippen LogP contribution in [0.1, 0.15) is 251 Å². The van der Waals surface area contributed by atoms with Gasteiger partial charge in [0.2, 0.25) is 5.91 Å². The molecule has 0 aromatic heterocycles. The molecule has 6 nitrogen and oxygen atoms in total. The fourth-order valence-electron chi connectivity index (χ4n) is 7.46. The van der Waals surface area contributed by atoms with Crippen LogP contribution in [0.25, 0.3) is 0 Å². The van der Waals surface area contributed by atoms with Crippen molar-refractivity contribution in [1.29, 1.82) is 0 Å². The van der Waals surface area contributed by atoms with Crippen molar-refractivity contribution in [2.24, 2.45) is 0 Å². The van der Waals surface area contributed by atoms with Gasteiger partial charge in [-0.05, 0) is 38.5 Å². The summed E-state index contributed by atoms with van der Waals surface area (Å²) < 4.78 is 0. The number of hydrogen-bond donors (Lipinski definition) is 5. The van der Waals surface area contributed by atoms with Gasteiger partial charge in [0.05, 0.1) is 18.8 Å².